The molecule has 9 nitrogen and oxygen atoms in total. The van der Waals surface area contributed by atoms with E-state index in [1.54, 1.807) is 30.3 Å². The lowest BCUT2D eigenvalue weighted by atomic mass is 9.87. The second-order valence-electron chi connectivity index (χ2n) is 8.38. The Morgan fingerprint density at radius 3 is 2.43 bits per heavy atom. The van der Waals surface area contributed by atoms with Crippen molar-refractivity contribution in [1.29, 1.82) is 0 Å². The summed E-state index contributed by atoms with van der Waals surface area (Å²) in [4.78, 5) is 30.1. The van der Waals surface area contributed by atoms with Crippen LogP contribution < -0.4 is 10.5 Å². The predicted molar refractivity (Wildman–Crippen MR) is 130 cm³/mol. The molecule has 0 bridgehead atoms. The molecule has 1 aliphatic heterocycles. The molecule has 2 N–H and O–H groups in total. The van der Waals surface area contributed by atoms with Crippen LogP contribution >= 0.6 is 11.6 Å². The Bertz CT molecular complexity index is 1380. The molecule has 0 aromatic heterocycles. The van der Waals surface area contributed by atoms with Gasteiger partial charge in [0.2, 0.25) is 10.0 Å². The summed E-state index contributed by atoms with van der Waals surface area (Å²) in [7, 11) is -3.94. The van der Waals surface area contributed by atoms with Crippen LogP contribution in [-0.4, -0.2) is 44.3 Å². The lowest BCUT2D eigenvalue weighted by Crippen LogP contribution is -2.64. The number of ether oxygens (including phenoxy) is 1. The quantitative estimate of drug-likeness (QED) is 0.233. The topological polar surface area (TPSA) is 125 Å². The predicted octanol–water partition coefficient (Wildman–Crippen LogP) is 2.96. The van der Waals surface area contributed by atoms with Crippen LogP contribution in [0.25, 0.3) is 0 Å². The molecule has 0 amide bonds. The molecular weight excluding hydrogens is 527 g/mol. The zero-order valence-corrected chi connectivity index (χ0v) is 20.8. The maximum absolute atomic E-state index is 13.4. The Morgan fingerprint density at radius 1 is 1.11 bits per heavy atom. The molecule has 1 atom stereocenters. The molecule has 1 fully saturated rings. The Hall–Kier alpha value is -3.51. The van der Waals surface area contributed by atoms with E-state index in [0.29, 0.717) is 21.9 Å². The minimum Gasteiger partial charge on any atom is -0.480 e. The van der Waals surface area contributed by atoms with Crippen molar-refractivity contribution in [2.24, 2.45) is 5.73 Å². The molecule has 0 saturated carbocycles. The van der Waals surface area contributed by atoms with Crippen molar-refractivity contribution < 1.29 is 36.9 Å². The smallest absolute Gasteiger partial charge is 0.372 e. The highest BCUT2D eigenvalue weighted by molar-refractivity contribution is 7.89. The number of nitrogens with zero attached hydrogens (tertiary/aromatic N) is 1. The van der Waals surface area contributed by atoms with Gasteiger partial charge in [-0.25, -0.2) is 22.5 Å². The molecule has 0 unspecified atom stereocenters. The highest BCUT2D eigenvalue weighted by Crippen LogP contribution is 2.40. The summed E-state index contributed by atoms with van der Waals surface area (Å²) >= 11 is 6.03. The highest BCUT2D eigenvalue weighted by Gasteiger charge is 2.52. The molecule has 1 heterocycles. The number of halogens is 2. The van der Waals surface area contributed by atoms with Crippen LogP contribution in [0.4, 0.5) is 4.39 Å². The van der Waals surface area contributed by atoms with E-state index in [1.165, 1.54) is 46.8 Å². The van der Waals surface area contributed by atoms with Crippen LogP contribution in [0.3, 0.4) is 0 Å². The zero-order chi connectivity index (χ0) is 26.6. The van der Waals surface area contributed by atoms with Crippen molar-refractivity contribution in [3.63, 3.8) is 0 Å². The molecule has 0 spiro atoms. The summed E-state index contributed by atoms with van der Waals surface area (Å²) in [6.45, 7) is -0.0738. The summed E-state index contributed by atoms with van der Waals surface area (Å²) in [6.07, 6.45) is -0.0488. The SMILES string of the molecule is N[C@@H](Cc1cccc(S(=O)(=O)N2CC(Oc3ccc(F)cc3)(c3ccc(Cl)cc3)C2)c1)C(=O)OOC=O. The van der Waals surface area contributed by atoms with Gasteiger partial charge < -0.3 is 10.5 Å². The number of carbonyl (C=O) groups is 2. The number of benzene rings is 3. The second kappa shape index (κ2) is 10.9. The van der Waals surface area contributed by atoms with Crippen molar-refractivity contribution in [3.8, 4) is 5.75 Å². The van der Waals surface area contributed by atoms with E-state index in [4.69, 9.17) is 22.1 Å². The molecule has 3 aromatic carbocycles. The van der Waals surface area contributed by atoms with Gasteiger partial charge in [0.15, 0.2) is 5.60 Å². The van der Waals surface area contributed by atoms with Crippen LogP contribution in [0.15, 0.2) is 77.7 Å². The van der Waals surface area contributed by atoms with Gasteiger partial charge in [0.05, 0.1) is 18.0 Å². The van der Waals surface area contributed by atoms with Crippen LogP contribution in [0.2, 0.25) is 5.02 Å². The maximum Gasteiger partial charge on any atom is 0.372 e. The van der Waals surface area contributed by atoms with Gasteiger partial charge in [-0.3, -0.25) is 9.68 Å². The largest absolute Gasteiger partial charge is 0.480 e. The third-order valence-corrected chi connectivity index (χ3v) is 7.86. The first-order valence-corrected chi connectivity index (χ1v) is 12.8. The maximum atomic E-state index is 13.4. The summed E-state index contributed by atoms with van der Waals surface area (Å²) in [5.41, 5.74) is 5.92. The summed E-state index contributed by atoms with van der Waals surface area (Å²) in [5.74, 6) is -1.02. The van der Waals surface area contributed by atoms with Gasteiger partial charge in [-0.2, -0.15) is 4.31 Å². The number of rotatable bonds is 10. The first-order chi connectivity index (χ1) is 17.6. The molecule has 0 radical (unpaired) electrons. The minimum atomic E-state index is -3.94. The van der Waals surface area contributed by atoms with E-state index in [2.05, 4.69) is 9.78 Å². The van der Waals surface area contributed by atoms with Crippen molar-refractivity contribution in [1.82, 2.24) is 4.31 Å². The third kappa shape index (κ3) is 5.91. The minimum absolute atomic E-state index is 0.00111. The number of hydrogen-bond acceptors (Lipinski definition) is 8. The Kier molecular flexibility index (Phi) is 7.79. The fraction of sp³-hybridized carbons (Fsp3) is 0.200. The van der Waals surface area contributed by atoms with Gasteiger partial charge >= 0.3 is 12.4 Å². The van der Waals surface area contributed by atoms with Crippen molar-refractivity contribution in [3.05, 3.63) is 94.8 Å². The summed E-state index contributed by atoms with van der Waals surface area (Å²) in [5, 5.41) is 0.515. The monoisotopic (exact) mass is 548 g/mol. The van der Waals surface area contributed by atoms with Crippen molar-refractivity contribution in [2.75, 3.05) is 13.1 Å². The Morgan fingerprint density at radius 2 is 1.78 bits per heavy atom. The molecule has 0 aliphatic carbocycles. The number of sulfonamides is 1. The normalized spacial score (nSPS) is 15.8. The van der Waals surface area contributed by atoms with E-state index in [9.17, 15) is 22.4 Å². The van der Waals surface area contributed by atoms with Gasteiger partial charge in [-0.15, -0.1) is 0 Å². The molecule has 37 heavy (non-hydrogen) atoms. The second-order valence-corrected chi connectivity index (χ2v) is 10.8. The molecule has 1 saturated heterocycles. The van der Waals surface area contributed by atoms with E-state index in [1.807, 2.05) is 0 Å². The zero-order valence-electron chi connectivity index (χ0n) is 19.3. The average Bonchev–Trinajstić information content (AvgIpc) is 2.86. The van der Waals surface area contributed by atoms with Crippen molar-refractivity contribution >= 4 is 34.1 Å². The number of carbonyl (C=O) groups excluding carboxylic acids is 2. The molecule has 4 rings (SSSR count). The highest BCUT2D eigenvalue weighted by atomic mass is 35.5. The van der Waals surface area contributed by atoms with E-state index >= 15 is 0 Å². The van der Waals surface area contributed by atoms with Crippen molar-refractivity contribution in [2.45, 2.75) is 23.0 Å². The van der Waals surface area contributed by atoms with E-state index < -0.39 is 33.5 Å². The molecule has 1 aliphatic rings. The van der Waals surface area contributed by atoms with Gasteiger partial charge in [-0.05, 0) is 66.1 Å². The lowest BCUT2D eigenvalue weighted by Gasteiger charge is -2.48. The van der Waals surface area contributed by atoms with Gasteiger partial charge in [0.25, 0.3) is 0 Å². The van der Waals surface area contributed by atoms with E-state index in [-0.39, 0.29) is 30.9 Å². The molecule has 12 heteroatoms. The molecule has 3 aromatic rings. The standard InChI is InChI=1S/C25H22ClFN2O7S/c26-19-6-4-18(5-7-19)25(35-21-10-8-20(27)9-11-21)14-29(15-25)37(32,33)22-3-1-2-17(12-22)13-23(28)24(31)36-34-16-30/h1-12,16,23H,13-15,28H2/t23-/m0/s1. The van der Waals surface area contributed by atoms with Crippen LogP contribution in [0.5, 0.6) is 5.75 Å². The number of hydrogen-bond donors (Lipinski definition) is 1. The van der Waals surface area contributed by atoms with Crippen LogP contribution in [-0.2, 0) is 41.4 Å². The fourth-order valence-electron chi connectivity index (χ4n) is 3.93. The first kappa shape index (κ1) is 26.6. The summed E-state index contributed by atoms with van der Waals surface area (Å²) in [6, 6.07) is 17.1. The first-order valence-electron chi connectivity index (χ1n) is 11.0. The van der Waals surface area contributed by atoms with Gasteiger partial charge in [0.1, 0.15) is 17.6 Å². The third-order valence-electron chi connectivity index (χ3n) is 5.82. The van der Waals surface area contributed by atoms with E-state index in [0.717, 1.165) is 0 Å². The molecular formula is C25H22ClFN2O7S. The summed E-state index contributed by atoms with van der Waals surface area (Å²) < 4.78 is 47.7. The van der Waals surface area contributed by atoms with Crippen LogP contribution in [0, 0.1) is 5.82 Å². The van der Waals surface area contributed by atoms with Crippen LogP contribution in [0.1, 0.15) is 11.1 Å². The Labute approximate surface area is 217 Å². The lowest BCUT2D eigenvalue weighted by molar-refractivity contribution is -0.249. The fourth-order valence-corrected chi connectivity index (χ4v) is 5.66. The van der Waals surface area contributed by atoms with Gasteiger partial charge in [-0.1, -0.05) is 35.9 Å². The Balaban J connectivity index is 1.54. The molecule has 194 valence electrons. The average molecular weight is 549 g/mol. The number of nitrogens with two attached hydrogens (primary N) is 1. The van der Waals surface area contributed by atoms with Gasteiger partial charge in [0, 0.05) is 5.02 Å².